The van der Waals surface area contributed by atoms with E-state index in [-0.39, 0.29) is 0 Å². The van der Waals surface area contributed by atoms with Crippen LogP contribution in [0.25, 0.3) is 11.1 Å². The number of nitrogens with one attached hydrogen (secondary N) is 1. The first kappa shape index (κ1) is 13.8. The van der Waals surface area contributed by atoms with Gasteiger partial charge in [0.05, 0.1) is 0 Å². The minimum absolute atomic E-state index is 0.942. The molecule has 0 saturated heterocycles. The number of aryl methyl sites for hydroxylation is 2. The van der Waals surface area contributed by atoms with Gasteiger partial charge >= 0.3 is 0 Å². The van der Waals surface area contributed by atoms with E-state index in [9.17, 15) is 0 Å². The second-order valence-corrected chi connectivity index (χ2v) is 5.15. The molecule has 0 aliphatic heterocycles. The second-order valence-electron chi connectivity index (χ2n) is 5.15. The number of hydrogen-bond acceptors (Lipinski definition) is 1. The molecule has 0 unspecified atom stereocenters. The van der Waals surface area contributed by atoms with Crippen molar-refractivity contribution in [3.8, 4) is 11.1 Å². The Labute approximate surface area is 116 Å². The summed E-state index contributed by atoms with van der Waals surface area (Å²) in [6.45, 7) is 8.55. The van der Waals surface area contributed by atoms with Crippen LogP contribution in [0.3, 0.4) is 0 Å². The first-order valence-corrected chi connectivity index (χ1v) is 7.08. The highest BCUT2D eigenvalue weighted by molar-refractivity contribution is 5.71. The maximum absolute atomic E-state index is 3.50. The molecule has 0 aliphatic rings. The lowest BCUT2D eigenvalue weighted by atomic mass is 9.94. The molecule has 100 valence electrons. The molecule has 0 amide bonds. The lowest BCUT2D eigenvalue weighted by Gasteiger charge is -2.13. The van der Waals surface area contributed by atoms with Crippen LogP contribution in [0, 0.1) is 13.8 Å². The van der Waals surface area contributed by atoms with Crippen molar-refractivity contribution < 1.29 is 0 Å². The van der Waals surface area contributed by atoms with E-state index in [2.05, 4.69) is 68.6 Å². The largest absolute Gasteiger partial charge is 0.313 e. The Hall–Kier alpha value is -1.60. The lowest BCUT2D eigenvalue weighted by molar-refractivity contribution is 0.676. The molecule has 2 aromatic rings. The summed E-state index contributed by atoms with van der Waals surface area (Å²) in [6, 6.07) is 15.4. The van der Waals surface area contributed by atoms with Gasteiger partial charge in [0.1, 0.15) is 0 Å². The molecule has 1 N–H and O–H groups in total. The zero-order valence-electron chi connectivity index (χ0n) is 12.2. The minimum Gasteiger partial charge on any atom is -0.313 e. The van der Waals surface area contributed by atoms with E-state index in [1.165, 1.54) is 34.2 Å². The monoisotopic (exact) mass is 253 g/mol. The molecular weight excluding hydrogens is 230 g/mol. The Morgan fingerprint density at radius 2 is 1.74 bits per heavy atom. The predicted molar refractivity (Wildman–Crippen MR) is 83.3 cm³/mol. The van der Waals surface area contributed by atoms with Gasteiger partial charge in [-0.3, -0.25) is 0 Å². The number of benzene rings is 2. The van der Waals surface area contributed by atoms with Crippen LogP contribution in [0.1, 0.15) is 30.0 Å². The molecule has 2 rings (SSSR count). The second kappa shape index (κ2) is 6.53. The van der Waals surface area contributed by atoms with Gasteiger partial charge in [-0.1, -0.05) is 55.0 Å². The van der Waals surface area contributed by atoms with Gasteiger partial charge in [-0.25, -0.2) is 0 Å². The van der Waals surface area contributed by atoms with E-state index in [1.54, 1.807) is 0 Å². The van der Waals surface area contributed by atoms with Crippen molar-refractivity contribution in [3.05, 3.63) is 59.2 Å². The highest BCUT2D eigenvalue weighted by Crippen LogP contribution is 2.27. The van der Waals surface area contributed by atoms with Crippen LogP contribution in [0.5, 0.6) is 0 Å². The molecule has 0 aliphatic carbocycles. The molecule has 0 heterocycles. The zero-order valence-corrected chi connectivity index (χ0v) is 12.2. The number of hydrogen-bond donors (Lipinski definition) is 1. The average molecular weight is 253 g/mol. The van der Waals surface area contributed by atoms with E-state index in [4.69, 9.17) is 0 Å². The third kappa shape index (κ3) is 3.45. The van der Waals surface area contributed by atoms with Crippen molar-refractivity contribution in [1.82, 2.24) is 5.32 Å². The van der Waals surface area contributed by atoms with Crippen LogP contribution in [0.15, 0.2) is 42.5 Å². The van der Waals surface area contributed by atoms with E-state index in [0.717, 1.165) is 13.1 Å². The summed E-state index contributed by atoms with van der Waals surface area (Å²) >= 11 is 0. The van der Waals surface area contributed by atoms with Crippen molar-refractivity contribution in [2.75, 3.05) is 6.54 Å². The fourth-order valence-electron chi connectivity index (χ4n) is 2.36. The van der Waals surface area contributed by atoms with Gasteiger partial charge < -0.3 is 5.32 Å². The minimum atomic E-state index is 0.942. The first-order chi connectivity index (χ1) is 9.22. The molecule has 0 fully saturated rings. The summed E-state index contributed by atoms with van der Waals surface area (Å²) < 4.78 is 0. The van der Waals surface area contributed by atoms with E-state index in [0.29, 0.717) is 0 Å². The van der Waals surface area contributed by atoms with Gasteiger partial charge in [0.2, 0.25) is 0 Å². The predicted octanol–water partition coefficient (Wildman–Crippen LogP) is 4.47. The Balaban J connectivity index is 2.35. The summed E-state index contributed by atoms with van der Waals surface area (Å²) in [5.74, 6) is 0. The van der Waals surface area contributed by atoms with E-state index < -0.39 is 0 Å². The average Bonchev–Trinajstić information content (AvgIpc) is 2.42. The van der Waals surface area contributed by atoms with Crippen LogP contribution in [-0.2, 0) is 6.54 Å². The van der Waals surface area contributed by atoms with Crippen LogP contribution in [0.2, 0.25) is 0 Å². The number of rotatable bonds is 5. The van der Waals surface area contributed by atoms with Crippen molar-refractivity contribution in [3.63, 3.8) is 0 Å². The van der Waals surface area contributed by atoms with Gasteiger partial charge in [0.25, 0.3) is 0 Å². The topological polar surface area (TPSA) is 12.0 Å². The smallest absolute Gasteiger partial charge is 0.0211 e. The molecule has 2 aromatic carbocycles. The molecule has 1 nitrogen and oxygen atoms in total. The molecule has 0 atom stereocenters. The summed E-state index contributed by atoms with van der Waals surface area (Å²) in [4.78, 5) is 0. The molecule has 0 spiro atoms. The summed E-state index contributed by atoms with van der Waals surface area (Å²) in [7, 11) is 0. The van der Waals surface area contributed by atoms with Crippen molar-refractivity contribution in [2.24, 2.45) is 0 Å². The molecule has 0 bridgehead atoms. The molecule has 1 heteroatoms. The highest BCUT2D eigenvalue weighted by atomic mass is 14.8. The Morgan fingerprint density at radius 3 is 2.53 bits per heavy atom. The first-order valence-electron chi connectivity index (χ1n) is 7.08. The van der Waals surface area contributed by atoms with Gasteiger partial charge in [-0.2, -0.15) is 0 Å². The maximum Gasteiger partial charge on any atom is 0.0211 e. The van der Waals surface area contributed by atoms with E-state index in [1.807, 2.05) is 0 Å². The summed E-state index contributed by atoms with van der Waals surface area (Å²) in [6.07, 6.45) is 1.17. The van der Waals surface area contributed by atoms with Crippen molar-refractivity contribution in [2.45, 2.75) is 33.7 Å². The van der Waals surface area contributed by atoms with Gasteiger partial charge in [0, 0.05) is 6.54 Å². The molecule has 0 aromatic heterocycles. The Kier molecular flexibility index (Phi) is 4.75. The quantitative estimate of drug-likeness (QED) is 0.775. The molecule has 0 saturated carbocycles. The van der Waals surface area contributed by atoms with Gasteiger partial charge in [0.15, 0.2) is 0 Å². The molecule has 0 radical (unpaired) electrons. The fraction of sp³-hybridized carbons (Fsp3) is 0.333. The summed E-state index contributed by atoms with van der Waals surface area (Å²) in [5, 5.41) is 3.50. The Bertz CT molecular complexity index is 543. The lowest BCUT2D eigenvalue weighted by Crippen LogP contribution is -2.14. The third-order valence-corrected chi connectivity index (χ3v) is 3.44. The van der Waals surface area contributed by atoms with Gasteiger partial charge in [-0.05, 0) is 49.1 Å². The van der Waals surface area contributed by atoms with E-state index >= 15 is 0 Å². The standard InChI is InChI=1S/C18H23N/c1-4-11-19-13-16-7-5-6-8-17(16)18-12-14(2)9-10-15(18)3/h5-10,12,19H,4,11,13H2,1-3H3. The Morgan fingerprint density at radius 1 is 0.947 bits per heavy atom. The van der Waals surface area contributed by atoms with Crippen LogP contribution in [0.4, 0.5) is 0 Å². The van der Waals surface area contributed by atoms with Crippen LogP contribution < -0.4 is 5.32 Å². The normalized spacial score (nSPS) is 10.7. The van der Waals surface area contributed by atoms with Crippen LogP contribution >= 0.6 is 0 Å². The summed E-state index contributed by atoms with van der Waals surface area (Å²) in [5.41, 5.74) is 6.75. The SMILES string of the molecule is CCCNCc1ccccc1-c1cc(C)ccc1C. The fourth-order valence-corrected chi connectivity index (χ4v) is 2.36. The van der Waals surface area contributed by atoms with Gasteiger partial charge in [-0.15, -0.1) is 0 Å². The maximum atomic E-state index is 3.50. The zero-order chi connectivity index (χ0) is 13.7. The highest BCUT2D eigenvalue weighted by Gasteiger charge is 2.07. The van der Waals surface area contributed by atoms with Crippen molar-refractivity contribution >= 4 is 0 Å². The third-order valence-electron chi connectivity index (χ3n) is 3.44. The molecular formula is C18H23N. The molecule has 19 heavy (non-hydrogen) atoms. The van der Waals surface area contributed by atoms with Crippen molar-refractivity contribution in [1.29, 1.82) is 0 Å². The van der Waals surface area contributed by atoms with Crippen LogP contribution in [-0.4, -0.2) is 6.54 Å².